The van der Waals surface area contributed by atoms with Gasteiger partial charge in [-0.3, -0.25) is 0 Å². The summed E-state index contributed by atoms with van der Waals surface area (Å²) in [5.41, 5.74) is 8.73. The highest BCUT2D eigenvalue weighted by atomic mass is 16.3. The average molecular weight is 217 g/mol. The Hall–Kier alpha value is -1.65. The third kappa shape index (κ3) is 1.98. The Bertz CT molecular complexity index is 479. The lowest BCUT2D eigenvalue weighted by Crippen LogP contribution is -2.13. The van der Waals surface area contributed by atoms with Crippen molar-refractivity contribution in [2.45, 2.75) is 13.0 Å². The quantitative estimate of drug-likeness (QED) is 0.811. The van der Waals surface area contributed by atoms with Crippen LogP contribution in [0.5, 0.6) is 0 Å². The minimum Gasteiger partial charge on any atom is -0.394 e. The second-order valence-corrected chi connectivity index (χ2v) is 3.79. The van der Waals surface area contributed by atoms with Crippen LogP contribution in [-0.2, 0) is 0 Å². The van der Waals surface area contributed by atoms with E-state index in [1.165, 1.54) is 0 Å². The Labute approximate surface area is 94.3 Å². The number of nitrogens with zero attached hydrogens (tertiary/aromatic N) is 2. The number of aliphatic hydroxyl groups excluding tert-OH is 1. The normalized spacial score (nSPS) is 12.7. The highest BCUT2D eigenvalue weighted by molar-refractivity contribution is 5.39. The molecule has 0 radical (unpaired) electrons. The molecule has 0 amide bonds. The first-order chi connectivity index (χ1) is 7.72. The Balaban J connectivity index is 2.35. The zero-order valence-corrected chi connectivity index (χ0v) is 9.17. The summed E-state index contributed by atoms with van der Waals surface area (Å²) in [5, 5.41) is 13.2. The van der Waals surface area contributed by atoms with E-state index in [1.807, 2.05) is 37.4 Å². The first kappa shape index (κ1) is 10.9. The molecule has 1 atom stereocenters. The minimum atomic E-state index is -0.363. The second-order valence-electron chi connectivity index (χ2n) is 3.79. The topological polar surface area (TPSA) is 64.1 Å². The van der Waals surface area contributed by atoms with E-state index >= 15 is 0 Å². The molecule has 0 spiro atoms. The molecular weight excluding hydrogens is 202 g/mol. The molecule has 0 aliphatic carbocycles. The molecule has 0 aliphatic heterocycles. The molecule has 16 heavy (non-hydrogen) atoms. The van der Waals surface area contributed by atoms with E-state index < -0.39 is 0 Å². The zero-order valence-electron chi connectivity index (χ0n) is 9.17. The Morgan fingerprint density at radius 3 is 2.88 bits per heavy atom. The second kappa shape index (κ2) is 4.47. The third-order valence-corrected chi connectivity index (χ3v) is 2.59. The van der Waals surface area contributed by atoms with Crippen LogP contribution in [0.25, 0.3) is 5.69 Å². The highest BCUT2D eigenvalue weighted by Gasteiger charge is 2.08. The van der Waals surface area contributed by atoms with Crippen molar-refractivity contribution >= 4 is 0 Å². The van der Waals surface area contributed by atoms with E-state index in [0.29, 0.717) is 0 Å². The summed E-state index contributed by atoms with van der Waals surface area (Å²) in [4.78, 5) is 0. The van der Waals surface area contributed by atoms with Gasteiger partial charge in [0.25, 0.3) is 0 Å². The fourth-order valence-corrected chi connectivity index (χ4v) is 1.59. The number of hydrogen-bond donors (Lipinski definition) is 2. The van der Waals surface area contributed by atoms with Crippen molar-refractivity contribution in [3.8, 4) is 5.69 Å². The van der Waals surface area contributed by atoms with Gasteiger partial charge in [-0.25, -0.2) is 4.68 Å². The van der Waals surface area contributed by atoms with Gasteiger partial charge in [0.2, 0.25) is 0 Å². The molecule has 0 bridgehead atoms. The van der Waals surface area contributed by atoms with Crippen LogP contribution in [0.2, 0.25) is 0 Å². The van der Waals surface area contributed by atoms with Crippen molar-refractivity contribution in [1.29, 1.82) is 0 Å². The lowest BCUT2D eigenvalue weighted by atomic mass is 10.2. The summed E-state index contributed by atoms with van der Waals surface area (Å²) in [6.07, 6.45) is 3.54. The minimum absolute atomic E-state index is 0.0700. The van der Waals surface area contributed by atoms with Gasteiger partial charge in [-0.05, 0) is 18.6 Å². The maximum Gasteiger partial charge on any atom is 0.0674 e. The number of rotatable bonds is 3. The molecule has 0 saturated heterocycles. The number of aromatic nitrogens is 2. The van der Waals surface area contributed by atoms with Crippen molar-refractivity contribution in [2.75, 3.05) is 6.61 Å². The number of nitrogens with two attached hydrogens (primary N) is 1. The van der Waals surface area contributed by atoms with Crippen LogP contribution in [0.1, 0.15) is 17.2 Å². The largest absolute Gasteiger partial charge is 0.394 e. The van der Waals surface area contributed by atoms with Crippen molar-refractivity contribution in [1.82, 2.24) is 9.78 Å². The summed E-state index contributed by atoms with van der Waals surface area (Å²) < 4.78 is 1.78. The SMILES string of the molecule is Cc1ccccc1-n1cc(C(N)CO)cn1. The van der Waals surface area contributed by atoms with Crippen LogP contribution in [0.3, 0.4) is 0 Å². The van der Waals surface area contributed by atoms with Crippen molar-refractivity contribution in [3.63, 3.8) is 0 Å². The van der Waals surface area contributed by atoms with Gasteiger partial charge in [-0.15, -0.1) is 0 Å². The van der Waals surface area contributed by atoms with E-state index in [-0.39, 0.29) is 12.6 Å². The van der Waals surface area contributed by atoms with Crippen LogP contribution < -0.4 is 5.73 Å². The molecule has 0 saturated carbocycles. The number of aliphatic hydroxyl groups is 1. The molecule has 4 nitrogen and oxygen atoms in total. The highest BCUT2D eigenvalue weighted by Crippen LogP contribution is 2.15. The fraction of sp³-hybridized carbons (Fsp3) is 0.250. The van der Waals surface area contributed by atoms with E-state index in [0.717, 1.165) is 16.8 Å². The van der Waals surface area contributed by atoms with Crippen LogP contribution in [-0.4, -0.2) is 21.5 Å². The van der Waals surface area contributed by atoms with E-state index in [9.17, 15) is 0 Å². The summed E-state index contributed by atoms with van der Waals surface area (Å²) >= 11 is 0. The Morgan fingerprint density at radius 1 is 1.44 bits per heavy atom. The molecule has 1 aromatic heterocycles. The van der Waals surface area contributed by atoms with Crippen molar-refractivity contribution in [2.24, 2.45) is 5.73 Å². The molecule has 1 heterocycles. The molecule has 0 aliphatic rings. The molecule has 84 valence electrons. The lowest BCUT2D eigenvalue weighted by molar-refractivity contribution is 0.268. The summed E-state index contributed by atoms with van der Waals surface area (Å²) in [6, 6.07) is 7.62. The molecular formula is C12H15N3O. The van der Waals surface area contributed by atoms with Crippen molar-refractivity contribution in [3.05, 3.63) is 47.8 Å². The van der Waals surface area contributed by atoms with Gasteiger partial charge in [-0.2, -0.15) is 5.10 Å². The molecule has 3 N–H and O–H groups in total. The molecule has 4 heteroatoms. The van der Waals surface area contributed by atoms with Gasteiger partial charge in [0.15, 0.2) is 0 Å². The monoisotopic (exact) mass is 217 g/mol. The molecule has 2 aromatic rings. The van der Waals surface area contributed by atoms with Gasteiger partial charge < -0.3 is 10.8 Å². The summed E-state index contributed by atoms with van der Waals surface area (Å²) in [6.45, 7) is 1.96. The van der Waals surface area contributed by atoms with Gasteiger partial charge in [0.1, 0.15) is 0 Å². The number of benzene rings is 1. The summed E-state index contributed by atoms with van der Waals surface area (Å²) in [7, 11) is 0. The van der Waals surface area contributed by atoms with Gasteiger partial charge in [0.05, 0.1) is 24.5 Å². The standard InChI is InChI=1S/C12H15N3O/c1-9-4-2-3-5-12(9)15-7-10(6-14-15)11(13)8-16/h2-7,11,16H,8,13H2,1H3. The maximum absolute atomic E-state index is 8.96. The van der Waals surface area contributed by atoms with Gasteiger partial charge >= 0.3 is 0 Å². The first-order valence-corrected chi connectivity index (χ1v) is 5.19. The number of para-hydroxylation sites is 1. The average Bonchev–Trinajstić information content (AvgIpc) is 2.78. The summed E-state index contributed by atoms with van der Waals surface area (Å²) in [5.74, 6) is 0. The van der Waals surface area contributed by atoms with Crippen molar-refractivity contribution < 1.29 is 5.11 Å². The first-order valence-electron chi connectivity index (χ1n) is 5.19. The van der Waals surface area contributed by atoms with Crippen LogP contribution >= 0.6 is 0 Å². The van der Waals surface area contributed by atoms with Crippen LogP contribution in [0.4, 0.5) is 0 Å². The Morgan fingerprint density at radius 2 is 2.19 bits per heavy atom. The van der Waals surface area contributed by atoms with E-state index in [4.69, 9.17) is 10.8 Å². The van der Waals surface area contributed by atoms with Crippen LogP contribution in [0, 0.1) is 6.92 Å². The predicted octanol–water partition coefficient (Wildman–Crippen LogP) is 1.17. The van der Waals surface area contributed by atoms with E-state index in [1.54, 1.807) is 10.9 Å². The smallest absolute Gasteiger partial charge is 0.0674 e. The molecule has 1 aromatic carbocycles. The molecule has 2 rings (SSSR count). The third-order valence-electron chi connectivity index (χ3n) is 2.59. The maximum atomic E-state index is 8.96. The number of hydrogen-bond acceptors (Lipinski definition) is 3. The van der Waals surface area contributed by atoms with E-state index in [2.05, 4.69) is 5.10 Å². The number of aryl methyl sites for hydroxylation is 1. The predicted molar refractivity (Wildman–Crippen MR) is 62.3 cm³/mol. The van der Waals surface area contributed by atoms with Gasteiger partial charge in [0, 0.05) is 11.8 Å². The zero-order chi connectivity index (χ0) is 11.5. The molecule has 0 fully saturated rings. The fourth-order valence-electron chi connectivity index (χ4n) is 1.59. The Kier molecular flexibility index (Phi) is 3.03. The lowest BCUT2D eigenvalue weighted by Gasteiger charge is -2.05. The molecule has 1 unspecified atom stereocenters. The van der Waals surface area contributed by atoms with Crippen LogP contribution in [0.15, 0.2) is 36.7 Å². The van der Waals surface area contributed by atoms with Gasteiger partial charge in [-0.1, -0.05) is 18.2 Å².